The topological polar surface area (TPSA) is 37.3 Å². The molecular formula is C11H16O2. The molecule has 0 heterocycles. The summed E-state index contributed by atoms with van der Waals surface area (Å²) in [5.41, 5.74) is 0. The van der Waals surface area contributed by atoms with Crippen molar-refractivity contribution < 1.29 is 9.90 Å². The molecule has 0 aromatic rings. The van der Waals surface area contributed by atoms with E-state index in [1.165, 1.54) is 0 Å². The van der Waals surface area contributed by atoms with Gasteiger partial charge < -0.3 is 5.11 Å². The molecule has 1 aliphatic rings. The number of aliphatic carboxylic acids is 1. The maximum atomic E-state index is 10.8. The lowest BCUT2D eigenvalue weighted by Gasteiger charge is -2.30. The number of carboxylic acid groups (broad SMARTS) is 1. The molecule has 72 valence electrons. The quantitative estimate of drug-likeness (QED) is 0.677. The molecule has 3 atom stereocenters. The van der Waals surface area contributed by atoms with E-state index in [1.807, 2.05) is 12.2 Å². The Hall–Kier alpha value is -1.05. The Morgan fingerprint density at radius 1 is 1.23 bits per heavy atom. The summed E-state index contributed by atoms with van der Waals surface area (Å²) in [5, 5.41) is 8.85. The van der Waals surface area contributed by atoms with Crippen LogP contribution in [0.2, 0.25) is 0 Å². The average Bonchev–Trinajstić information content (AvgIpc) is 2.16. The van der Waals surface area contributed by atoms with Crippen molar-refractivity contribution in [2.24, 2.45) is 17.8 Å². The van der Waals surface area contributed by atoms with Crippen molar-refractivity contribution in [3.05, 3.63) is 25.3 Å². The van der Waals surface area contributed by atoms with Gasteiger partial charge in [0.15, 0.2) is 0 Å². The Morgan fingerprint density at radius 3 is 2.31 bits per heavy atom. The molecule has 1 aliphatic carbocycles. The lowest BCUT2D eigenvalue weighted by Crippen LogP contribution is -2.26. The van der Waals surface area contributed by atoms with Gasteiger partial charge in [0.2, 0.25) is 0 Å². The Bertz CT molecular complexity index is 220. The van der Waals surface area contributed by atoms with E-state index in [9.17, 15) is 4.79 Å². The van der Waals surface area contributed by atoms with Gasteiger partial charge in [0.1, 0.15) is 0 Å². The zero-order chi connectivity index (χ0) is 9.84. The van der Waals surface area contributed by atoms with Gasteiger partial charge >= 0.3 is 5.97 Å². The molecule has 0 bridgehead atoms. The van der Waals surface area contributed by atoms with E-state index < -0.39 is 5.97 Å². The molecule has 0 amide bonds. The third-order valence-corrected chi connectivity index (χ3v) is 2.91. The summed E-state index contributed by atoms with van der Waals surface area (Å²) < 4.78 is 0. The second kappa shape index (κ2) is 4.26. The molecule has 1 saturated carbocycles. The van der Waals surface area contributed by atoms with Crippen molar-refractivity contribution in [1.82, 2.24) is 0 Å². The van der Waals surface area contributed by atoms with Crippen molar-refractivity contribution in [1.29, 1.82) is 0 Å². The zero-order valence-corrected chi connectivity index (χ0v) is 7.78. The van der Waals surface area contributed by atoms with Crippen molar-refractivity contribution in [3.63, 3.8) is 0 Å². The molecular weight excluding hydrogens is 164 g/mol. The Balaban J connectivity index is 2.62. The van der Waals surface area contributed by atoms with E-state index in [-0.39, 0.29) is 5.92 Å². The molecule has 0 aliphatic heterocycles. The van der Waals surface area contributed by atoms with E-state index in [2.05, 4.69) is 13.2 Å². The van der Waals surface area contributed by atoms with Gasteiger partial charge in [-0.25, -0.2) is 0 Å². The van der Waals surface area contributed by atoms with Gasteiger partial charge in [-0.3, -0.25) is 4.79 Å². The standard InChI is InChI=1S/C11H16O2/c1-3-8-5-6-10(11(12)13)7-9(8)4-2/h3-4,8-10H,1-2,5-7H2,(H,12,13). The molecule has 2 nitrogen and oxygen atoms in total. The van der Waals surface area contributed by atoms with E-state index in [1.54, 1.807) is 0 Å². The minimum atomic E-state index is -0.672. The lowest BCUT2D eigenvalue weighted by atomic mass is 9.74. The number of hydrogen-bond donors (Lipinski definition) is 1. The van der Waals surface area contributed by atoms with Gasteiger partial charge in [-0.05, 0) is 31.1 Å². The molecule has 0 spiro atoms. The van der Waals surface area contributed by atoms with E-state index in [4.69, 9.17) is 5.11 Å². The van der Waals surface area contributed by atoms with Crippen LogP contribution in [-0.4, -0.2) is 11.1 Å². The molecule has 1 fully saturated rings. The first-order valence-electron chi connectivity index (χ1n) is 4.67. The van der Waals surface area contributed by atoms with Gasteiger partial charge in [0.25, 0.3) is 0 Å². The van der Waals surface area contributed by atoms with E-state index >= 15 is 0 Å². The smallest absolute Gasteiger partial charge is 0.306 e. The second-order valence-corrected chi connectivity index (χ2v) is 3.65. The molecule has 0 aromatic carbocycles. The van der Waals surface area contributed by atoms with Crippen LogP contribution in [0.3, 0.4) is 0 Å². The van der Waals surface area contributed by atoms with Crippen molar-refractivity contribution in [2.45, 2.75) is 19.3 Å². The third kappa shape index (κ3) is 2.20. The van der Waals surface area contributed by atoms with E-state index in [0.717, 1.165) is 19.3 Å². The Labute approximate surface area is 79.0 Å². The van der Waals surface area contributed by atoms with Crippen LogP contribution in [0, 0.1) is 17.8 Å². The van der Waals surface area contributed by atoms with Crippen LogP contribution in [0.5, 0.6) is 0 Å². The van der Waals surface area contributed by atoms with Crippen LogP contribution in [-0.2, 0) is 4.79 Å². The molecule has 0 aromatic heterocycles. The average molecular weight is 180 g/mol. The highest BCUT2D eigenvalue weighted by Crippen LogP contribution is 2.35. The zero-order valence-electron chi connectivity index (χ0n) is 7.78. The Morgan fingerprint density at radius 2 is 1.85 bits per heavy atom. The molecule has 0 saturated heterocycles. The van der Waals surface area contributed by atoms with Crippen LogP contribution in [0.25, 0.3) is 0 Å². The van der Waals surface area contributed by atoms with Crippen molar-refractivity contribution in [3.8, 4) is 0 Å². The first kappa shape index (κ1) is 10.0. The number of carboxylic acids is 1. The monoisotopic (exact) mass is 180 g/mol. The first-order chi connectivity index (χ1) is 6.19. The van der Waals surface area contributed by atoms with Crippen LogP contribution in [0.4, 0.5) is 0 Å². The summed E-state index contributed by atoms with van der Waals surface area (Å²) in [4.78, 5) is 10.8. The largest absolute Gasteiger partial charge is 0.481 e. The number of rotatable bonds is 3. The first-order valence-corrected chi connectivity index (χ1v) is 4.67. The highest BCUT2D eigenvalue weighted by molar-refractivity contribution is 5.70. The summed E-state index contributed by atoms with van der Waals surface area (Å²) >= 11 is 0. The van der Waals surface area contributed by atoms with Gasteiger partial charge in [-0.1, -0.05) is 12.2 Å². The fourth-order valence-electron chi connectivity index (χ4n) is 2.02. The highest BCUT2D eigenvalue weighted by Gasteiger charge is 2.30. The number of carbonyl (C=O) groups is 1. The molecule has 1 rings (SSSR count). The van der Waals surface area contributed by atoms with E-state index in [0.29, 0.717) is 11.8 Å². The number of hydrogen-bond acceptors (Lipinski definition) is 1. The van der Waals surface area contributed by atoms with Gasteiger partial charge in [0, 0.05) is 0 Å². The molecule has 1 N–H and O–H groups in total. The summed E-state index contributed by atoms with van der Waals surface area (Å²) in [5.74, 6) is -0.131. The molecule has 13 heavy (non-hydrogen) atoms. The molecule has 3 unspecified atom stereocenters. The highest BCUT2D eigenvalue weighted by atomic mass is 16.4. The maximum absolute atomic E-state index is 10.8. The summed E-state index contributed by atoms with van der Waals surface area (Å²) in [6.07, 6.45) is 6.20. The summed E-state index contributed by atoms with van der Waals surface area (Å²) in [7, 11) is 0. The van der Waals surface area contributed by atoms with Gasteiger partial charge in [0.05, 0.1) is 5.92 Å². The third-order valence-electron chi connectivity index (χ3n) is 2.91. The Kier molecular flexibility index (Phi) is 3.29. The SMILES string of the molecule is C=CC1CCC(C(=O)O)CC1C=C. The van der Waals surface area contributed by atoms with Crippen molar-refractivity contribution >= 4 is 5.97 Å². The predicted molar refractivity (Wildman–Crippen MR) is 52.4 cm³/mol. The summed E-state index contributed by atoms with van der Waals surface area (Å²) in [6.45, 7) is 7.49. The van der Waals surface area contributed by atoms with Crippen LogP contribution in [0.15, 0.2) is 25.3 Å². The fraction of sp³-hybridized carbons (Fsp3) is 0.545. The minimum Gasteiger partial charge on any atom is -0.481 e. The lowest BCUT2D eigenvalue weighted by molar-refractivity contribution is -0.143. The predicted octanol–water partition coefficient (Wildman–Crippen LogP) is 2.48. The maximum Gasteiger partial charge on any atom is 0.306 e. The summed E-state index contributed by atoms with van der Waals surface area (Å²) in [6, 6.07) is 0. The normalized spacial score (nSPS) is 33.7. The van der Waals surface area contributed by atoms with Crippen LogP contribution >= 0.6 is 0 Å². The van der Waals surface area contributed by atoms with Crippen molar-refractivity contribution in [2.75, 3.05) is 0 Å². The fourth-order valence-corrected chi connectivity index (χ4v) is 2.02. The van der Waals surface area contributed by atoms with Gasteiger partial charge in [-0.15, -0.1) is 13.2 Å². The minimum absolute atomic E-state index is 0.181. The number of allylic oxidation sites excluding steroid dienone is 2. The second-order valence-electron chi connectivity index (χ2n) is 3.65. The molecule has 2 heteroatoms. The molecule has 0 radical (unpaired) electrons. The van der Waals surface area contributed by atoms with Gasteiger partial charge in [-0.2, -0.15) is 0 Å². The van der Waals surface area contributed by atoms with Crippen LogP contribution in [0.1, 0.15) is 19.3 Å². The van der Waals surface area contributed by atoms with Crippen LogP contribution < -0.4 is 0 Å².